The van der Waals surface area contributed by atoms with Crippen molar-refractivity contribution in [3.05, 3.63) is 35.0 Å². The maximum Gasteiger partial charge on any atom is 0.356 e. The normalized spacial score (nSPS) is 10.5. The Morgan fingerprint density at radius 2 is 2.00 bits per heavy atom. The maximum absolute atomic E-state index is 11.6. The third kappa shape index (κ3) is 2.52. The van der Waals surface area contributed by atoms with E-state index < -0.39 is 5.97 Å². The number of hydrogen-bond acceptors (Lipinski definition) is 4. The van der Waals surface area contributed by atoms with E-state index in [0.717, 1.165) is 22.0 Å². The summed E-state index contributed by atoms with van der Waals surface area (Å²) >= 11 is 0. The fourth-order valence-electron chi connectivity index (χ4n) is 2.19. The summed E-state index contributed by atoms with van der Waals surface area (Å²) in [5.74, 6) is 0.215. The van der Waals surface area contributed by atoms with Crippen molar-refractivity contribution in [2.24, 2.45) is 0 Å². The minimum atomic E-state index is -0.456. The molecule has 4 nitrogen and oxygen atoms in total. The molecule has 0 saturated heterocycles. The molecule has 0 spiro atoms. The molecule has 1 aromatic heterocycles. The molecule has 0 aliphatic carbocycles. The second kappa shape index (κ2) is 5.26. The lowest BCUT2D eigenvalue weighted by Crippen LogP contribution is -2.06. The van der Waals surface area contributed by atoms with Gasteiger partial charge in [-0.05, 0) is 38.0 Å². The summed E-state index contributed by atoms with van der Waals surface area (Å²) in [5.41, 5.74) is 3.21. The molecule has 1 aromatic carbocycles. The molecule has 4 heteroatoms. The van der Waals surface area contributed by atoms with E-state index in [9.17, 15) is 4.79 Å². The predicted molar refractivity (Wildman–Crippen MR) is 73.7 cm³/mol. The van der Waals surface area contributed by atoms with Crippen molar-refractivity contribution in [1.29, 1.82) is 0 Å². The van der Waals surface area contributed by atoms with Gasteiger partial charge in [0.05, 0.1) is 19.2 Å². The number of carbonyl (C=O) groups excluding carboxylic acids is 1. The minimum absolute atomic E-state index is 0.267. The summed E-state index contributed by atoms with van der Waals surface area (Å²) in [7, 11) is 1.34. The second-order valence-corrected chi connectivity index (χ2v) is 4.41. The van der Waals surface area contributed by atoms with Gasteiger partial charge in [0, 0.05) is 11.5 Å². The number of esters is 1. The zero-order valence-electron chi connectivity index (χ0n) is 11.6. The van der Waals surface area contributed by atoms with Gasteiger partial charge in [0.2, 0.25) is 0 Å². The van der Waals surface area contributed by atoms with Crippen LogP contribution in [0.2, 0.25) is 0 Å². The molecule has 100 valence electrons. The Bertz CT molecular complexity index is 635. The molecule has 0 aliphatic rings. The van der Waals surface area contributed by atoms with Crippen molar-refractivity contribution >= 4 is 16.9 Å². The fourth-order valence-corrected chi connectivity index (χ4v) is 2.19. The summed E-state index contributed by atoms with van der Waals surface area (Å²) < 4.78 is 10.3. The molecule has 0 N–H and O–H groups in total. The second-order valence-electron chi connectivity index (χ2n) is 4.41. The van der Waals surface area contributed by atoms with Gasteiger partial charge in [0.15, 0.2) is 5.69 Å². The first kappa shape index (κ1) is 13.3. The van der Waals surface area contributed by atoms with Gasteiger partial charge in [-0.2, -0.15) is 0 Å². The van der Waals surface area contributed by atoms with Gasteiger partial charge < -0.3 is 9.47 Å². The fraction of sp³-hybridized carbons (Fsp3) is 0.333. The lowest BCUT2D eigenvalue weighted by molar-refractivity contribution is 0.0594. The van der Waals surface area contributed by atoms with E-state index in [0.29, 0.717) is 12.4 Å². The van der Waals surface area contributed by atoms with Crippen LogP contribution >= 0.6 is 0 Å². The number of pyridine rings is 1. The molecule has 0 atom stereocenters. The Kier molecular flexibility index (Phi) is 3.69. The number of benzene rings is 1. The van der Waals surface area contributed by atoms with E-state index in [1.165, 1.54) is 7.11 Å². The number of hydrogen-bond donors (Lipinski definition) is 0. The van der Waals surface area contributed by atoms with Crippen molar-refractivity contribution in [3.63, 3.8) is 0 Å². The molecule has 2 aromatic rings. The molecule has 0 amide bonds. The molecule has 0 fully saturated rings. The number of methoxy groups -OCH3 is 1. The topological polar surface area (TPSA) is 48.4 Å². The lowest BCUT2D eigenvalue weighted by atomic mass is 10.0. The van der Waals surface area contributed by atoms with Crippen molar-refractivity contribution in [3.8, 4) is 5.75 Å². The first-order chi connectivity index (χ1) is 9.06. The highest BCUT2D eigenvalue weighted by Crippen LogP contribution is 2.30. The molecule has 1 heterocycles. The van der Waals surface area contributed by atoms with Gasteiger partial charge in [-0.15, -0.1) is 0 Å². The highest BCUT2D eigenvalue weighted by atomic mass is 16.5. The number of aromatic nitrogens is 1. The van der Waals surface area contributed by atoms with Crippen molar-refractivity contribution in [2.45, 2.75) is 20.8 Å². The van der Waals surface area contributed by atoms with Crippen LogP contribution in [0.3, 0.4) is 0 Å². The standard InChI is InChI=1S/C15H17NO3/c1-5-19-13-8-12(15(17)18-4)16-11-7-9(2)6-10(3)14(11)13/h6-8H,5H2,1-4H3. The van der Waals surface area contributed by atoms with Crippen molar-refractivity contribution < 1.29 is 14.3 Å². The van der Waals surface area contributed by atoms with Crippen LogP contribution in [0.1, 0.15) is 28.5 Å². The van der Waals surface area contributed by atoms with Crippen LogP contribution in [-0.4, -0.2) is 24.7 Å². The number of fused-ring (bicyclic) bond motifs is 1. The van der Waals surface area contributed by atoms with Gasteiger partial charge >= 0.3 is 5.97 Å². The van der Waals surface area contributed by atoms with Gasteiger partial charge in [0.25, 0.3) is 0 Å². The Morgan fingerprint density at radius 1 is 1.26 bits per heavy atom. The smallest absolute Gasteiger partial charge is 0.356 e. The zero-order chi connectivity index (χ0) is 14.0. The van der Waals surface area contributed by atoms with E-state index in [1.54, 1.807) is 6.07 Å². The number of rotatable bonds is 3. The van der Waals surface area contributed by atoms with Gasteiger partial charge in [-0.1, -0.05) is 6.07 Å². The molecule has 0 aliphatic heterocycles. The Labute approximate surface area is 112 Å². The Balaban J connectivity index is 2.75. The number of aryl methyl sites for hydroxylation is 2. The largest absolute Gasteiger partial charge is 0.493 e. The quantitative estimate of drug-likeness (QED) is 0.795. The first-order valence-corrected chi connectivity index (χ1v) is 6.20. The number of nitrogens with zero attached hydrogens (tertiary/aromatic N) is 1. The maximum atomic E-state index is 11.6. The molecule has 19 heavy (non-hydrogen) atoms. The van der Waals surface area contributed by atoms with Gasteiger partial charge in [-0.3, -0.25) is 0 Å². The van der Waals surface area contributed by atoms with Gasteiger partial charge in [0.1, 0.15) is 5.75 Å². The average Bonchev–Trinajstić information content (AvgIpc) is 2.36. The first-order valence-electron chi connectivity index (χ1n) is 6.20. The van der Waals surface area contributed by atoms with E-state index in [-0.39, 0.29) is 5.69 Å². The summed E-state index contributed by atoms with van der Waals surface area (Å²) in [4.78, 5) is 16.0. The van der Waals surface area contributed by atoms with Crippen LogP contribution in [0.4, 0.5) is 0 Å². The van der Waals surface area contributed by atoms with Crippen LogP contribution in [0.5, 0.6) is 5.75 Å². The van der Waals surface area contributed by atoms with Crippen molar-refractivity contribution in [1.82, 2.24) is 4.98 Å². The third-order valence-corrected chi connectivity index (χ3v) is 2.91. The molecule has 0 saturated carbocycles. The van der Waals surface area contributed by atoms with Crippen LogP contribution in [0.25, 0.3) is 10.9 Å². The summed E-state index contributed by atoms with van der Waals surface area (Å²) in [6.07, 6.45) is 0. The highest BCUT2D eigenvalue weighted by Gasteiger charge is 2.14. The van der Waals surface area contributed by atoms with Crippen LogP contribution < -0.4 is 4.74 Å². The van der Waals surface area contributed by atoms with E-state index in [1.807, 2.05) is 26.8 Å². The molecular formula is C15H17NO3. The number of carbonyl (C=O) groups is 1. The third-order valence-electron chi connectivity index (χ3n) is 2.91. The molecule has 0 radical (unpaired) electrons. The molecular weight excluding hydrogens is 242 g/mol. The van der Waals surface area contributed by atoms with Crippen LogP contribution in [0, 0.1) is 13.8 Å². The number of ether oxygens (including phenoxy) is 2. The average molecular weight is 259 g/mol. The van der Waals surface area contributed by atoms with E-state index in [2.05, 4.69) is 11.1 Å². The van der Waals surface area contributed by atoms with Crippen molar-refractivity contribution in [2.75, 3.05) is 13.7 Å². The highest BCUT2D eigenvalue weighted by molar-refractivity contribution is 5.95. The van der Waals surface area contributed by atoms with Crippen LogP contribution in [0.15, 0.2) is 18.2 Å². The zero-order valence-corrected chi connectivity index (χ0v) is 11.6. The Hall–Kier alpha value is -2.10. The SMILES string of the molecule is CCOc1cc(C(=O)OC)nc2cc(C)cc(C)c12. The monoisotopic (exact) mass is 259 g/mol. The predicted octanol–water partition coefficient (Wildman–Crippen LogP) is 3.04. The summed E-state index contributed by atoms with van der Waals surface area (Å²) in [6, 6.07) is 5.65. The van der Waals surface area contributed by atoms with E-state index >= 15 is 0 Å². The van der Waals surface area contributed by atoms with E-state index in [4.69, 9.17) is 9.47 Å². The van der Waals surface area contributed by atoms with Crippen LogP contribution in [-0.2, 0) is 4.74 Å². The lowest BCUT2D eigenvalue weighted by Gasteiger charge is -2.12. The molecule has 0 unspecified atom stereocenters. The summed E-state index contributed by atoms with van der Waals surface area (Å²) in [5, 5.41) is 0.945. The Morgan fingerprint density at radius 3 is 2.63 bits per heavy atom. The summed E-state index contributed by atoms with van der Waals surface area (Å²) in [6.45, 7) is 6.46. The minimum Gasteiger partial charge on any atom is -0.493 e. The van der Waals surface area contributed by atoms with Gasteiger partial charge in [-0.25, -0.2) is 9.78 Å². The molecule has 2 rings (SSSR count). The molecule has 0 bridgehead atoms.